The Kier molecular flexibility index (Phi) is 3.84. The number of ether oxygens (including phenoxy) is 1. The summed E-state index contributed by atoms with van der Waals surface area (Å²) in [5.41, 5.74) is 8.49. The number of aryl methyl sites for hydroxylation is 1. The van der Waals surface area contributed by atoms with Gasteiger partial charge in [0, 0.05) is 25.7 Å². The minimum Gasteiger partial charge on any atom is -0.496 e. The predicted octanol–water partition coefficient (Wildman–Crippen LogP) is 1.47. The molecule has 1 aromatic heterocycles. The molecule has 0 aliphatic rings. The van der Waals surface area contributed by atoms with Crippen LogP contribution in [0.25, 0.3) is 11.3 Å². The highest BCUT2D eigenvalue weighted by molar-refractivity contribution is 5.78. The molecule has 0 atom stereocenters. The van der Waals surface area contributed by atoms with Crippen molar-refractivity contribution >= 4 is 5.69 Å². The molecule has 1 heterocycles. The summed E-state index contributed by atoms with van der Waals surface area (Å²) >= 11 is 0. The molecule has 0 aliphatic carbocycles. The molecule has 0 saturated heterocycles. The number of nitrogens with two attached hydrogens (primary N) is 1. The molecule has 0 fully saturated rings. The number of benzene rings is 1. The van der Waals surface area contributed by atoms with Gasteiger partial charge < -0.3 is 15.8 Å². The largest absolute Gasteiger partial charge is 0.496 e. The van der Waals surface area contributed by atoms with Crippen LogP contribution in [0.3, 0.4) is 0 Å². The lowest BCUT2D eigenvalue weighted by atomic mass is 10.1. The van der Waals surface area contributed by atoms with Crippen molar-refractivity contribution in [3.63, 3.8) is 0 Å². The fraction of sp³-hybridized carbons (Fsp3) is 0.308. The Bertz CT molecular complexity index is 521. The summed E-state index contributed by atoms with van der Waals surface area (Å²) < 4.78 is 7.22. The Morgan fingerprint density at radius 1 is 1.39 bits per heavy atom. The van der Waals surface area contributed by atoms with E-state index in [4.69, 9.17) is 10.5 Å². The van der Waals surface area contributed by atoms with Gasteiger partial charge >= 0.3 is 0 Å². The van der Waals surface area contributed by atoms with Crippen LogP contribution >= 0.6 is 0 Å². The van der Waals surface area contributed by atoms with Gasteiger partial charge in [-0.25, -0.2) is 0 Å². The Hall–Kier alpha value is -2.01. The molecular weight excluding hydrogens is 228 g/mol. The maximum Gasteiger partial charge on any atom is 0.128 e. The maximum atomic E-state index is 5.51. The summed E-state index contributed by atoms with van der Waals surface area (Å²) in [5.74, 6) is 0.830. The van der Waals surface area contributed by atoms with Gasteiger partial charge in [-0.1, -0.05) is 12.1 Å². The van der Waals surface area contributed by atoms with E-state index in [1.807, 2.05) is 36.0 Å². The van der Waals surface area contributed by atoms with E-state index in [-0.39, 0.29) is 0 Å². The van der Waals surface area contributed by atoms with Gasteiger partial charge in [-0.2, -0.15) is 5.10 Å². The minimum absolute atomic E-state index is 0.584. The van der Waals surface area contributed by atoms with Crippen LogP contribution in [0.2, 0.25) is 0 Å². The van der Waals surface area contributed by atoms with Crippen molar-refractivity contribution in [1.29, 1.82) is 0 Å². The zero-order valence-corrected chi connectivity index (χ0v) is 10.7. The zero-order valence-electron chi connectivity index (χ0n) is 10.7. The molecule has 0 bridgehead atoms. The average molecular weight is 246 g/mol. The van der Waals surface area contributed by atoms with Crippen LogP contribution in [-0.2, 0) is 7.05 Å². The predicted molar refractivity (Wildman–Crippen MR) is 72.7 cm³/mol. The smallest absolute Gasteiger partial charge is 0.128 e. The van der Waals surface area contributed by atoms with Gasteiger partial charge in [0.2, 0.25) is 0 Å². The molecule has 2 rings (SSSR count). The van der Waals surface area contributed by atoms with Gasteiger partial charge in [-0.05, 0) is 12.1 Å². The van der Waals surface area contributed by atoms with Gasteiger partial charge in [0.1, 0.15) is 5.75 Å². The van der Waals surface area contributed by atoms with E-state index in [0.29, 0.717) is 13.1 Å². The monoisotopic (exact) mass is 246 g/mol. The van der Waals surface area contributed by atoms with Crippen molar-refractivity contribution in [3.05, 3.63) is 30.5 Å². The molecule has 0 spiro atoms. The van der Waals surface area contributed by atoms with Crippen molar-refractivity contribution in [2.24, 2.45) is 12.8 Å². The summed E-state index contributed by atoms with van der Waals surface area (Å²) in [6.45, 7) is 1.30. The van der Waals surface area contributed by atoms with Gasteiger partial charge in [0.05, 0.1) is 24.7 Å². The van der Waals surface area contributed by atoms with Crippen LogP contribution in [0.15, 0.2) is 30.5 Å². The lowest BCUT2D eigenvalue weighted by molar-refractivity contribution is 0.416. The lowest BCUT2D eigenvalue weighted by Crippen LogP contribution is -2.13. The van der Waals surface area contributed by atoms with Gasteiger partial charge in [-0.3, -0.25) is 4.68 Å². The minimum atomic E-state index is 0.584. The highest BCUT2D eigenvalue weighted by Crippen LogP contribution is 2.34. The van der Waals surface area contributed by atoms with E-state index in [1.165, 1.54) is 0 Å². The average Bonchev–Trinajstić information content (AvgIpc) is 2.77. The van der Waals surface area contributed by atoms with Crippen molar-refractivity contribution in [2.75, 3.05) is 25.5 Å². The first-order valence-electron chi connectivity index (χ1n) is 5.87. The molecular formula is C13H18N4O. The summed E-state index contributed by atoms with van der Waals surface area (Å²) in [7, 11) is 3.58. The second-order valence-corrected chi connectivity index (χ2v) is 3.95. The van der Waals surface area contributed by atoms with E-state index >= 15 is 0 Å². The molecule has 0 unspecified atom stereocenters. The van der Waals surface area contributed by atoms with E-state index in [0.717, 1.165) is 22.7 Å². The zero-order chi connectivity index (χ0) is 13.0. The van der Waals surface area contributed by atoms with Gasteiger partial charge in [0.25, 0.3) is 0 Å². The number of anilines is 1. The first kappa shape index (κ1) is 12.4. The standard InChI is InChI=1S/C13H18N4O/c1-17-13(11(9-16-17)15-8-7-14)10-5-3-4-6-12(10)18-2/h3-6,9,15H,7-8,14H2,1-2H3. The summed E-state index contributed by atoms with van der Waals surface area (Å²) in [5, 5.41) is 7.55. The maximum absolute atomic E-state index is 5.51. The quantitative estimate of drug-likeness (QED) is 0.838. The van der Waals surface area contributed by atoms with Crippen molar-refractivity contribution in [3.8, 4) is 17.0 Å². The van der Waals surface area contributed by atoms with E-state index in [1.54, 1.807) is 13.3 Å². The second kappa shape index (κ2) is 5.55. The van der Waals surface area contributed by atoms with Gasteiger partial charge in [0.15, 0.2) is 0 Å². The topological polar surface area (TPSA) is 65.1 Å². The third-order valence-corrected chi connectivity index (χ3v) is 2.76. The molecule has 96 valence electrons. The highest BCUT2D eigenvalue weighted by Gasteiger charge is 2.14. The number of hydrogen-bond acceptors (Lipinski definition) is 4. The number of nitrogens with one attached hydrogen (secondary N) is 1. The number of para-hydroxylation sites is 1. The number of rotatable bonds is 5. The first-order chi connectivity index (χ1) is 8.77. The third-order valence-electron chi connectivity index (χ3n) is 2.76. The molecule has 5 heteroatoms. The van der Waals surface area contributed by atoms with E-state index in [2.05, 4.69) is 10.4 Å². The molecule has 0 amide bonds. The first-order valence-corrected chi connectivity index (χ1v) is 5.87. The molecule has 0 saturated carbocycles. The van der Waals surface area contributed by atoms with Crippen LogP contribution < -0.4 is 15.8 Å². The molecule has 0 radical (unpaired) electrons. The van der Waals surface area contributed by atoms with Crippen LogP contribution in [0, 0.1) is 0 Å². The normalized spacial score (nSPS) is 10.4. The number of aromatic nitrogens is 2. The van der Waals surface area contributed by atoms with Crippen LogP contribution in [0.4, 0.5) is 5.69 Å². The van der Waals surface area contributed by atoms with Crippen LogP contribution in [-0.4, -0.2) is 30.0 Å². The van der Waals surface area contributed by atoms with Crippen molar-refractivity contribution in [1.82, 2.24) is 9.78 Å². The third kappa shape index (κ3) is 2.31. The number of methoxy groups -OCH3 is 1. The van der Waals surface area contributed by atoms with E-state index < -0.39 is 0 Å². The van der Waals surface area contributed by atoms with Crippen LogP contribution in [0.1, 0.15) is 0 Å². The highest BCUT2D eigenvalue weighted by atomic mass is 16.5. The Labute approximate surface area is 107 Å². The fourth-order valence-corrected chi connectivity index (χ4v) is 1.93. The van der Waals surface area contributed by atoms with E-state index in [9.17, 15) is 0 Å². The lowest BCUT2D eigenvalue weighted by Gasteiger charge is -2.11. The Morgan fingerprint density at radius 3 is 2.89 bits per heavy atom. The molecule has 2 aromatic rings. The van der Waals surface area contributed by atoms with Gasteiger partial charge in [-0.15, -0.1) is 0 Å². The molecule has 3 N–H and O–H groups in total. The van der Waals surface area contributed by atoms with Crippen molar-refractivity contribution in [2.45, 2.75) is 0 Å². The van der Waals surface area contributed by atoms with Crippen LogP contribution in [0.5, 0.6) is 5.75 Å². The molecule has 5 nitrogen and oxygen atoms in total. The summed E-state index contributed by atoms with van der Waals surface area (Å²) in [6.07, 6.45) is 1.80. The number of hydrogen-bond donors (Lipinski definition) is 2. The molecule has 18 heavy (non-hydrogen) atoms. The SMILES string of the molecule is COc1ccccc1-c1c(NCCN)cnn1C. The summed E-state index contributed by atoms with van der Waals surface area (Å²) in [4.78, 5) is 0. The van der Waals surface area contributed by atoms with Crippen molar-refractivity contribution < 1.29 is 4.74 Å². The molecule has 1 aromatic carbocycles. The summed E-state index contributed by atoms with van der Waals surface area (Å²) in [6, 6.07) is 7.89. The Morgan fingerprint density at radius 2 is 2.17 bits per heavy atom. The fourth-order valence-electron chi connectivity index (χ4n) is 1.93. The second-order valence-electron chi connectivity index (χ2n) is 3.95. The number of nitrogens with zero attached hydrogens (tertiary/aromatic N) is 2. The molecule has 0 aliphatic heterocycles. The Balaban J connectivity index is 2.45.